The van der Waals surface area contributed by atoms with Crippen molar-refractivity contribution in [3.63, 3.8) is 0 Å². The van der Waals surface area contributed by atoms with E-state index in [-0.39, 0.29) is 37.2 Å². The van der Waals surface area contributed by atoms with Gasteiger partial charge in [-0.15, -0.1) is 5.10 Å². The maximum absolute atomic E-state index is 12.8. The molecule has 3 N–H and O–H groups in total. The SMILES string of the molecule is CCNC(=O)c1cc(C(C=NCCCP(=O)(OCC)OCC)=NN)nc(-c2cn(CCCP(=O)(OCC)OCC)nn2)c1. The van der Waals surface area contributed by atoms with Crippen LogP contribution >= 0.6 is 15.2 Å². The van der Waals surface area contributed by atoms with Gasteiger partial charge in [0.2, 0.25) is 0 Å². The van der Waals surface area contributed by atoms with E-state index in [0.29, 0.717) is 68.3 Å². The number of pyridine rings is 1. The van der Waals surface area contributed by atoms with Crippen molar-refractivity contribution in [3.05, 3.63) is 29.6 Å². The van der Waals surface area contributed by atoms with Crippen molar-refractivity contribution in [2.24, 2.45) is 15.9 Å². The van der Waals surface area contributed by atoms with Crippen molar-refractivity contribution in [1.82, 2.24) is 25.3 Å². The van der Waals surface area contributed by atoms with Gasteiger partial charge in [-0.1, -0.05) is 5.21 Å². The fourth-order valence-electron chi connectivity index (χ4n) is 3.93. The van der Waals surface area contributed by atoms with Crippen LogP contribution in [-0.2, 0) is 33.8 Å². The van der Waals surface area contributed by atoms with Crippen LogP contribution in [0.3, 0.4) is 0 Å². The summed E-state index contributed by atoms with van der Waals surface area (Å²) in [6, 6.07) is 3.17. The zero-order valence-electron chi connectivity index (χ0n) is 25.6. The number of hydrazone groups is 1. The van der Waals surface area contributed by atoms with Gasteiger partial charge >= 0.3 is 15.2 Å². The molecule has 0 aromatic carbocycles. The minimum absolute atomic E-state index is 0.223. The van der Waals surface area contributed by atoms with Crippen LogP contribution < -0.4 is 11.2 Å². The van der Waals surface area contributed by atoms with Gasteiger partial charge < -0.3 is 29.3 Å². The molecule has 0 aliphatic rings. The van der Waals surface area contributed by atoms with Gasteiger partial charge in [0, 0.05) is 25.2 Å². The summed E-state index contributed by atoms with van der Waals surface area (Å²) in [5.41, 5.74) is 1.67. The summed E-state index contributed by atoms with van der Waals surface area (Å²) in [5.74, 6) is 5.37. The van der Waals surface area contributed by atoms with Gasteiger partial charge in [0.1, 0.15) is 11.4 Å². The van der Waals surface area contributed by atoms with Crippen molar-refractivity contribution in [2.45, 2.75) is 54.0 Å². The van der Waals surface area contributed by atoms with E-state index in [2.05, 4.69) is 30.7 Å². The molecule has 2 rings (SSSR count). The number of aryl methyl sites for hydroxylation is 1. The van der Waals surface area contributed by atoms with Crippen LogP contribution in [0.2, 0.25) is 0 Å². The van der Waals surface area contributed by atoms with Crippen molar-refractivity contribution >= 4 is 33.0 Å². The summed E-state index contributed by atoms with van der Waals surface area (Å²) in [7, 11) is -6.32. The van der Waals surface area contributed by atoms with E-state index in [1.54, 1.807) is 50.7 Å². The number of nitrogens with two attached hydrogens (primary N) is 1. The molecule has 0 spiro atoms. The standard InChI is InChI=1S/C26H44N8O7P2/c1-6-29-26(35)21-17-22(24(31-27)19-28-13-11-15-42(36,38-7-2)39-8-3)30-23(18-21)25-20-34(33-32-25)14-12-16-43(37,40-9-4)41-10-5/h17-20H,6-16,27H2,1-5H3,(H,29,35). The summed E-state index contributed by atoms with van der Waals surface area (Å²) in [5, 5.41) is 15.0. The van der Waals surface area contributed by atoms with Gasteiger partial charge in [0.15, 0.2) is 0 Å². The Bertz CT molecular complexity index is 1300. The van der Waals surface area contributed by atoms with Crippen molar-refractivity contribution in [3.8, 4) is 11.4 Å². The van der Waals surface area contributed by atoms with E-state index in [1.807, 2.05) is 6.92 Å². The molecular formula is C26H44N8O7P2. The molecule has 0 saturated heterocycles. The van der Waals surface area contributed by atoms with Crippen LogP contribution in [0.4, 0.5) is 0 Å². The monoisotopic (exact) mass is 642 g/mol. The minimum atomic E-state index is -3.16. The lowest BCUT2D eigenvalue weighted by atomic mass is 10.1. The number of hydrogen-bond donors (Lipinski definition) is 2. The van der Waals surface area contributed by atoms with Crippen LogP contribution in [0.15, 0.2) is 28.4 Å². The first-order valence-electron chi connectivity index (χ1n) is 14.4. The molecule has 15 nitrogen and oxygen atoms in total. The van der Waals surface area contributed by atoms with Gasteiger partial charge in [-0.2, -0.15) is 5.10 Å². The van der Waals surface area contributed by atoms with E-state index < -0.39 is 15.2 Å². The Kier molecular flexibility index (Phi) is 15.9. The Morgan fingerprint density at radius 2 is 1.56 bits per heavy atom. The zero-order valence-corrected chi connectivity index (χ0v) is 27.4. The Balaban J connectivity index is 2.22. The Hall–Kier alpha value is -2.80. The molecule has 0 aliphatic heterocycles. The van der Waals surface area contributed by atoms with Crippen molar-refractivity contribution < 1.29 is 32.0 Å². The van der Waals surface area contributed by atoms with Gasteiger partial charge in [-0.3, -0.25) is 23.6 Å². The third-order valence-electron chi connectivity index (χ3n) is 5.68. The second kappa shape index (κ2) is 18.8. The number of aliphatic imine (C=N–C) groups is 1. The molecule has 0 fully saturated rings. The Labute approximate surface area is 253 Å². The van der Waals surface area contributed by atoms with E-state index in [9.17, 15) is 13.9 Å². The average Bonchev–Trinajstić information content (AvgIpc) is 3.44. The van der Waals surface area contributed by atoms with Crippen LogP contribution in [0, 0.1) is 0 Å². The predicted molar refractivity (Wildman–Crippen MR) is 166 cm³/mol. The fourth-order valence-corrected chi connectivity index (χ4v) is 7.23. The largest absolute Gasteiger partial charge is 0.352 e. The van der Waals surface area contributed by atoms with Gasteiger partial charge in [0.25, 0.3) is 5.91 Å². The molecule has 0 unspecified atom stereocenters. The summed E-state index contributed by atoms with van der Waals surface area (Å²) in [4.78, 5) is 21.7. The molecule has 0 saturated carbocycles. The van der Waals surface area contributed by atoms with Crippen molar-refractivity contribution in [1.29, 1.82) is 0 Å². The topological polar surface area (TPSA) is 194 Å². The molecule has 0 aliphatic carbocycles. The molecule has 43 heavy (non-hydrogen) atoms. The Morgan fingerprint density at radius 1 is 0.953 bits per heavy atom. The number of nitrogens with one attached hydrogen (secondary N) is 1. The van der Waals surface area contributed by atoms with Crippen LogP contribution in [0.5, 0.6) is 0 Å². The highest BCUT2D eigenvalue weighted by molar-refractivity contribution is 7.54. The first kappa shape index (κ1) is 36.4. The number of carbonyl (C=O) groups is 1. The Morgan fingerprint density at radius 3 is 2.12 bits per heavy atom. The molecule has 17 heteroatoms. The number of aromatic nitrogens is 4. The number of rotatable bonds is 21. The first-order valence-corrected chi connectivity index (χ1v) is 17.9. The molecular weight excluding hydrogens is 598 g/mol. The first-order chi connectivity index (χ1) is 20.7. The lowest BCUT2D eigenvalue weighted by Crippen LogP contribution is -2.23. The average molecular weight is 643 g/mol. The summed E-state index contributed by atoms with van der Waals surface area (Å²) in [6.45, 7) is 11.2. The molecule has 0 radical (unpaired) electrons. The summed E-state index contributed by atoms with van der Waals surface area (Å²) in [6.07, 6.45) is 4.54. The summed E-state index contributed by atoms with van der Waals surface area (Å²) < 4.78 is 48.3. The maximum atomic E-state index is 12.8. The number of amides is 1. The molecule has 2 aromatic heterocycles. The fraction of sp³-hybridized carbons (Fsp3) is 0.615. The van der Waals surface area contributed by atoms with Gasteiger partial charge in [-0.05, 0) is 59.6 Å². The highest BCUT2D eigenvalue weighted by Crippen LogP contribution is 2.49. The van der Waals surface area contributed by atoms with E-state index in [4.69, 9.17) is 23.9 Å². The van der Waals surface area contributed by atoms with Crippen LogP contribution in [0.1, 0.15) is 63.5 Å². The maximum Gasteiger partial charge on any atom is 0.330 e. The van der Waals surface area contributed by atoms with E-state index >= 15 is 0 Å². The molecule has 2 heterocycles. The normalized spacial score (nSPS) is 12.7. The minimum Gasteiger partial charge on any atom is -0.352 e. The second-order valence-corrected chi connectivity index (χ2v) is 13.3. The smallest absolute Gasteiger partial charge is 0.330 e. The molecule has 240 valence electrons. The molecule has 1 amide bonds. The highest BCUT2D eigenvalue weighted by atomic mass is 31.2. The lowest BCUT2D eigenvalue weighted by molar-refractivity contribution is 0.0955. The quantitative estimate of drug-likeness (QED) is 0.0653. The van der Waals surface area contributed by atoms with Gasteiger partial charge in [0.05, 0.1) is 62.6 Å². The van der Waals surface area contributed by atoms with Crippen molar-refractivity contribution in [2.75, 3.05) is 51.8 Å². The van der Waals surface area contributed by atoms with Crippen LogP contribution in [0.25, 0.3) is 11.4 Å². The highest BCUT2D eigenvalue weighted by Gasteiger charge is 2.24. The third kappa shape index (κ3) is 12.0. The lowest BCUT2D eigenvalue weighted by Gasteiger charge is -2.16. The number of carbonyl (C=O) groups excluding carboxylic acids is 1. The third-order valence-corrected chi connectivity index (χ3v) is 10.0. The van der Waals surface area contributed by atoms with E-state index in [1.165, 1.54) is 6.21 Å². The predicted octanol–water partition coefficient (Wildman–Crippen LogP) is 4.14. The molecule has 2 aromatic rings. The second-order valence-electron chi connectivity index (χ2n) is 8.95. The summed E-state index contributed by atoms with van der Waals surface area (Å²) >= 11 is 0. The zero-order chi connectivity index (χ0) is 31.7. The molecule has 0 bridgehead atoms. The van der Waals surface area contributed by atoms with E-state index in [0.717, 1.165) is 0 Å². The number of nitrogens with zero attached hydrogens (tertiary/aromatic N) is 6. The van der Waals surface area contributed by atoms with Gasteiger partial charge in [-0.25, -0.2) is 4.98 Å². The molecule has 0 atom stereocenters. The van der Waals surface area contributed by atoms with Crippen LogP contribution in [-0.4, -0.2) is 89.7 Å². The number of hydrogen-bond acceptors (Lipinski definition) is 13.